The van der Waals surface area contributed by atoms with Crippen LogP contribution in [0.15, 0.2) is 53.5 Å². The highest BCUT2D eigenvalue weighted by Crippen LogP contribution is 2.31. The number of fused-ring (bicyclic) bond motifs is 1. The van der Waals surface area contributed by atoms with E-state index in [1.807, 2.05) is 36.4 Å². The van der Waals surface area contributed by atoms with Crippen LogP contribution in [0.2, 0.25) is 0 Å². The van der Waals surface area contributed by atoms with E-state index in [2.05, 4.69) is 32.3 Å². The number of carbonyl (C=O) groups excluding carboxylic acids is 2. The minimum absolute atomic E-state index is 0. The normalized spacial score (nSPS) is 15.3. The standard InChI is InChI=1S/C22H27N5O2.HI/c1-23-21(29)16-7-5-6-15(12-16)10-11-25-22(24-2)26-14-17-13-20(28)27-19-9-4-3-8-18(17)19;/h3-9,12,17H,10-11,13-14H2,1-2H3,(H,23,29)(H,27,28)(H2,24,25,26);1H. The van der Waals surface area contributed by atoms with Crippen molar-refractivity contribution >= 4 is 47.4 Å². The summed E-state index contributed by atoms with van der Waals surface area (Å²) in [5.41, 5.74) is 3.75. The molecule has 1 aliphatic heterocycles. The maximum absolute atomic E-state index is 12.0. The number of aliphatic imine (C=N–C) groups is 1. The number of amides is 2. The van der Waals surface area contributed by atoms with E-state index in [0.29, 0.717) is 31.0 Å². The summed E-state index contributed by atoms with van der Waals surface area (Å²) in [7, 11) is 3.35. The molecule has 2 amide bonds. The van der Waals surface area contributed by atoms with Gasteiger partial charge in [-0.15, -0.1) is 24.0 Å². The molecule has 2 aromatic carbocycles. The second kappa shape index (κ2) is 11.5. The first-order valence-electron chi connectivity index (χ1n) is 9.75. The lowest BCUT2D eigenvalue weighted by Gasteiger charge is -2.26. The summed E-state index contributed by atoms with van der Waals surface area (Å²) >= 11 is 0. The van der Waals surface area contributed by atoms with E-state index >= 15 is 0 Å². The van der Waals surface area contributed by atoms with E-state index in [-0.39, 0.29) is 41.7 Å². The van der Waals surface area contributed by atoms with Gasteiger partial charge in [0.25, 0.3) is 5.91 Å². The molecule has 0 spiro atoms. The maximum atomic E-state index is 12.0. The van der Waals surface area contributed by atoms with Crippen molar-refractivity contribution in [3.8, 4) is 0 Å². The molecule has 3 rings (SSSR count). The summed E-state index contributed by atoms with van der Waals surface area (Å²) < 4.78 is 0. The smallest absolute Gasteiger partial charge is 0.251 e. The SMILES string of the molecule is CN=C(NCCc1cccc(C(=O)NC)c1)NCC1CC(=O)Nc2ccccc21.I. The Morgan fingerprint density at radius 1 is 1.17 bits per heavy atom. The quantitative estimate of drug-likeness (QED) is 0.267. The summed E-state index contributed by atoms with van der Waals surface area (Å²) in [6, 6.07) is 15.5. The molecule has 7 nitrogen and oxygen atoms in total. The summed E-state index contributed by atoms with van der Waals surface area (Å²) in [6.45, 7) is 1.30. The van der Waals surface area contributed by atoms with E-state index < -0.39 is 0 Å². The minimum Gasteiger partial charge on any atom is -0.356 e. The van der Waals surface area contributed by atoms with Crippen LogP contribution in [0.25, 0.3) is 0 Å². The minimum atomic E-state index is -0.0888. The van der Waals surface area contributed by atoms with Crippen molar-refractivity contribution in [1.82, 2.24) is 16.0 Å². The lowest BCUT2D eigenvalue weighted by molar-refractivity contribution is -0.116. The molecule has 0 saturated carbocycles. The van der Waals surface area contributed by atoms with Gasteiger partial charge in [-0.1, -0.05) is 30.3 Å². The zero-order chi connectivity index (χ0) is 20.6. The zero-order valence-electron chi connectivity index (χ0n) is 17.2. The molecular formula is C22H28IN5O2. The molecule has 0 aromatic heterocycles. The van der Waals surface area contributed by atoms with Gasteiger partial charge in [0.15, 0.2) is 5.96 Å². The van der Waals surface area contributed by atoms with Crippen molar-refractivity contribution in [2.24, 2.45) is 4.99 Å². The van der Waals surface area contributed by atoms with Crippen molar-refractivity contribution in [1.29, 1.82) is 0 Å². The molecule has 8 heteroatoms. The van der Waals surface area contributed by atoms with Crippen molar-refractivity contribution < 1.29 is 9.59 Å². The van der Waals surface area contributed by atoms with Crippen molar-refractivity contribution in [3.05, 3.63) is 65.2 Å². The first-order valence-corrected chi connectivity index (χ1v) is 9.75. The molecule has 0 saturated heterocycles. The second-order valence-corrected chi connectivity index (χ2v) is 6.95. The van der Waals surface area contributed by atoms with Crippen molar-refractivity contribution in [2.75, 3.05) is 32.5 Å². The van der Waals surface area contributed by atoms with Crippen LogP contribution in [0.4, 0.5) is 5.69 Å². The van der Waals surface area contributed by atoms with Gasteiger partial charge in [0, 0.05) is 50.8 Å². The highest BCUT2D eigenvalue weighted by Gasteiger charge is 2.24. The molecule has 30 heavy (non-hydrogen) atoms. The number of guanidine groups is 1. The lowest BCUT2D eigenvalue weighted by atomic mass is 9.90. The van der Waals surface area contributed by atoms with E-state index in [4.69, 9.17) is 0 Å². The van der Waals surface area contributed by atoms with Crippen LogP contribution in [-0.4, -0.2) is 45.0 Å². The Hall–Kier alpha value is -2.62. The molecule has 1 aliphatic rings. The fourth-order valence-electron chi connectivity index (χ4n) is 3.46. The van der Waals surface area contributed by atoms with Gasteiger partial charge in [0.2, 0.25) is 5.91 Å². The molecule has 1 atom stereocenters. The van der Waals surface area contributed by atoms with Gasteiger partial charge in [0.1, 0.15) is 0 Å². The number of nitrogens with zero attached hydrogens (tertiary/aromatic N) is 1. The molecular weight excluding hydrogens is 493 g/mol. The maximum Gasteiger partial charge on any atom is 0.251 e. The third kappa shape index (κ3) is 6.19. The van der Waals surface area contributed by atoms with E-state index in [1.54, 1.807) is 20.2 Å². The Balaban J connectivity index is 0.00000320. The highest BCUT2D eigenvalue weighted by molar-refractivity contribution is 14.0. The number of hydrogen-bond donors (Lipinski definition) is 4. The van der Waals surface area contributed by atoms with E-state index in [0.717, 1.165) is 23.2 Å². The Morgan fingerprint density at radius 2 is 1.97 bits per heavy atom. The van der Waals surface area contributed by atoms with Crippen LogP contribution in [-0.2, 0) is 11.2 Å². The molecule has 0 bridgehead atoms. The molecule has 0 fully saturated rings. The number of benzene rings is 2. The first kappa shape index (κ1) is 23.7. The van der Waals surface area contributed by atoms with Crippen LogP contribution in [0.3, 0.4) is 0 Å². The highest BCUT2D eigenvalue weighted by atomic mass is 127. The second-order valence-electron chi connectivity index (χ2n) is 6.95. The number of hydrogen-bond acceptors (Lipinski definition) is 3. The first-order chi connectivity index (χ1) is 14.1. The predicted molar refractivity (Wildman–Crippen MR) is 131 cm³/mol. The molecule has 0 radical (unpaired) electrons. The van der Waals surface area contributed by atoms with Crippen molar-refractivity contribution in [3.63, 3.8) is 0 Å². The predicted octanol–water partition coefficient (Wildman–Crippen LogP) is 2.50. The average Bonchev–Trinajstić information content (AvgIpc) is 2.75. The largest absolute Gasteiger partial charge is 0.356 e. The molecule has 1 heterocycles. The van der Waals surface area contributed by atoms with Gasteiger partial charge in [-0.2, -0.15) is 0 Å². The zero-order valence-corrected chi connectivity index (χ0v) is 19.5. The van der Waals surface area contributed by atoms with Gasteiger partial charge in [-0.25, -0.2) is 0 Å². The number of anilines is 1. The van der Waals surface area contributed by atoms with Gasteiger partial charge in [0.05, 0.1) is 0 Å². The molecule has 0 aliphatic carbocycles. The fraction of sp³-hybridized carbons (Fsp3) is 0.318. The number of para-hydroxylation sites is 1. The molecule has 2 aromatic rings. The monoisotopic (exact) mass is 521 g/mol. The van der Waals surface area contributed by atoms with Gasteiger partial charge < -0.3 is 21.3 Å². The Kier molecular flexibility index (Phi) is 9.10. The lowest BCUT2D eigenvalue weighted by Crippen LogP contribution is -2.41. The van der Waals surface area contributed by atoms with Gasteiger partial charge in [-0.3, -0.25) is 14.6 Å². The van der Waals surface area contributed by atoms with E-state index in [1.165, 1.54) is 0 Å². The topological polar surface area (TPSA) is 94.6 Å². The number of nitrogens with one attached hydrogen (secondary N) is 4. The summed E-state index contributed by atoms with van der Waals surface area (Å²) in [6.07, 6.45) is 1.22. The van der Waals surface area contributed by atoms with Crippen LogP contribution in [0, 0.1) is 0 Å². The summed E-state index contributed by atoms with van der Waals surface area (Å²) in [5.74, 6) is 0.738. The van der Waals surface area contributed by atoms with Crippen LogP contribution >= 0.6 is 24.0 Å². The molecule has 1 unspecified atom stereocenters. The van der Waals surface area contributed by atoms with Crippen LogP contribution in [0.5, 0.6) is 0 Å². The van der Waals surface area contributed by atoms with Gasteiger partial charge in [-0.05, 0) is 35.7 Å². The average molecular weight is 521 g/mol. The Labute approximate surface area is 194 Å². The van der Waals surface area contributed by atoms with Crippen molar-refractivity contribution in [2.45, 2.75) is 18.8 Å². The van der Waals surface area contributed by atoms with Crippen LogP contribution in [0.1, 0.15) is 33.8 Å². The van der Waals surface area contributed by atoms with Gasteiger partial charge >= 0.3 is 0 Å². The molecule has 4 N–H and O–H groups in total. The third-order valence-corrected chi connectivity index (χ3v) is 4.97. The fourth-order valence-corrected chi connectivity index (χ4v) is 3.46. The Bertz CT molecular complexity index is 916. The number of carbonyl (C=O) groups is 2. The number of halogens is 1. The summed E-state index contributed by atoms with van der Waals surface area (Å²) in [4.78, 5) is 28.0. The van der Waals surface area contributed by atoms with E-state index in [9.17, 15) is 9.59 Å². The summed E-state index contributed by atoms with van der Waals surface area (Å²) in [5, 5.41) is 12.2. The van der Waals surface area contributed by atoms with Crippen LogP contribution < -0.4 is 21.3 Å². The third-order valence-electron chi connectivity index (χ3n) is 4.97. The Morgan fingerprint density at radius 3 is 2.73 bits per heavy atom. The molecule has 160 valence electrons. The number of rotatable bonds is 6.